The van der Waals surface area contributed by atoms with E-state index in [1.165, 1.54) is 11.3 Å². The van der Waals surface area contributed by atoms with Crippen molar-refractivity contribution in [2.45, 2.75) is 20.8 Å². The molecule has 3 aromatic rings. The van der Waals surface area contributed by atoms with Gasteiger partial charge in [0.25, 0.3) is 5.91 Å². The van der Waals surface area contributed by atoms with Crippen molar-refractivity contribution in [2.24, 2.45) is 0 Å². The van der Waals surface area contributed by atoms with Gasteiger partial charge >= 0.3 is 0 Å². The van der Waals surface area contributed by atoms with E-state index in [0.717, 1.165) is 33.3 Å². The van der Waals surface area contributed by atoms with Crippen molar-refractivity contribution in [3.8, 4) is 0 Å². The molecule has 0 atom stereocenters. The molecule has 0 saturated heterocycles. The lowest BCUT2D eigenvalue weighted by atomic mass is 10.1. The van der Waals surface area contributed by atoms with Crippen molar-refractivity contribution in [1.29, 1.82) is 0 Å². The molecule has 1 aromatic heterocycles. The van der Waals surface area contributed by atoms with Crippen molar-refractivity contribution in [3.63, 3.8) is 0 Å². The van der Waals surface area contributed by atoms with Gasteiger partial charge in [-0.05, 0) is 56.2 Å². The molecule has 5 heteroatoms. The number of hydrogen-bond donors (Lipinski definition) is 1. The monoisotopic (exact) mass is 351 g/mol. The number of aryl methyl sites for hydroxylation is 3. The maximum atomic E-state index is 12.7. The Morgan fingerprint density at radius 3 is 2.32 bits per heavy atom. The van der Waals surface area contributed by atoms with Crippen LogP contribution in [0, 0.1) is 20.8 Å². The highest BCUT2D eigenvalue weighted by atomic mass is 32.1. The van der Waals surface area contributed by atoms with Crippen molar-refractivity contribution in [3.05, 3.63) is 70.2 Å². The summed E-state index contributed by atoms with van der Waals surface area (Å²) >= 11 is 1.40. The first-order chi connectivity index (χ1) is 11.9. The standard InChI is InChI=1S/C20H21N3OS/c1-13-10-14(2)12-16(11-13)22-19(24)18-15(3)21-20(25-18)23(4)17-8-6-5-7-9-17/h5-12H,1-4H3,(H,22,24). The summed E-state index contributed by atoms with van der Waals surface area (Å²) in [5, 5.41) is 3.79. The number of anilines is 3. The molecule has 0 fully saturated rings. The van der Waals surface area contributed by atoms with Crippen LogP contribution in [0.4, 0.5) is 16.5 Å². The van der Waals surface area contributed by atoms with Crippen LogP contribution >= 0.6 is 11.3 Å². The number of benzene rings is 2. The highest BCUT2D eigenvalue weighted by molar-refractivity contribution is 7.17. The Labute approximate surface area is 152 Å². The molecule has 25 heavy (non-hydrogen) atoms. The van der Waals surface area contributed by atoms with E-state index < -0.39 is 0 Å². The summed E-state index contributed by atoms with van der Waals surface area (Å²) in [6.45, 7) is 5.91. The molecule has 1 N–H and O–H groups in total. The quantitative estimate of drug-likeness (QED) is 0.712. The molecule has 0 aliphatic carbocycles. The fraction of sp³-hybridized carbons (Fsp3) is 0.200. The zero-order chi connectivity index (χ0) is 18.0. The molecule has 0 saturated carbocycles. The number of thiazole rings is 1. The van der Waals surface area contributed by atoms with Gasteiger partial charge in [-0.25, -0.2) is 4.98 Å². The topological polar surface area (TPSA) is 45.2 Å². The predicted octanol–water partition coefficient (Wildman–Crippen LogP) is 5.09. The Bertz CT molecular complexity index is 882. The summed E-state index contributed by atoms with van der Waals surface area (Å²) in [4.78, 5) is 19.9. The van der Waals surface area contributed by atoms with Gasteiger partial charge in [0.1, 0.15) is 4.88 Å². The lowest BCUT2D eigenvalue weighted by Gasteiger charge is -2.15. The second-order valence-electron chi connectivity index (χ2n) is 6.14. The largest absolute Gasteiger partial charge is 0.321 e. The van der Waals surface area contributed by atoms with E-state index >= 15 is 0 Å². The molecular weight excluding hydrogens is 330 g/mol. The first-order valence-corrected chi connectivity index (χ1v) is 8.91. The minimum Gasteiger partial charge on any atom is -0.321 e. The zero-order valence-electron chi connectivity index (χ0n) is 14.8. The van der Waals surface area contributed by atoms with Crippen molar-refractivity contribution < 1.29 is 4.79 Å². The number of amides is 1. The van der Waals surface area contributed by atoms with Gasteiger partial charge in [0.05, 0.1) is 5.69 Å². The number of nitrogens with one attached hydrogen (secondary N) is 1. The first-order valence-electron chi connectivity index (χ1n) is 8.10. The number of aromatic nitrogens is 1. The van der Waals surface area contributed by atoms with Crippen LogP contribution in [0.1, 0.15) is 26.5 Å². The summed E-state index contributed by atoms with van der Waals surface area (Å²) in [6, 6.07) is 16.0. The van der Waals surface area contributed by atoms with E-state index in [1.54, 1.807) is 0 Å². The van der Waals surface area contributed by atoms with Crippen LogP contribution in [0.15, 0.2) is 48.5 Å². The summed E-state index contributed by atoms with van der Waals surface area (Å²) in [5.74, 6) is -0.118. The predicted molar refractivity (Wildman–Crippen MR) is 105 cm³/mol. The fourth-order valence-corrected chi connectivity index (χ4v) is 3.68. The van der Waals surface area contributed by atoms with Crippen LogP contribution in [0.25, 0.3) is 0 Å². The normalized spacial score (nSPS) is 10.6. The molecule has 0 aliphatic heterocycles. The van der Waals surface area contributed by atoms with Crippen LogP contribution in [0.2, 0.25) is 0 Å². The Balaban J connectivity index is 1.83. The molecule has 1 heterocycles. The fourth-order valence-electron chi connectivity index (χ4n) is 2.73. The summed E-state index contributed by atoms with van der Waals surface area (Å²) in [5.41, 5.74) is 4.84. The van der Waals surface area contributed by atoms with Gasteiger partial charge in [-0.15, -0.1) is 0 Å². The Morgan fingerprint density at radius 2 is 1.68 bits per heavy atom. The summed E-state index contributed by atoms with van der Waals surface area (Å²) in [6.07, 6.45) is 0. The molecule has 128 valence electrons. The highest BCUT2D eigenvalue weighted by Gasteiger charge is 2.18. The molecule has 1 amide bonds. The van der Waals surface area contributed by atoms with E-state index in [1.807, 2.05) is 75.2 Å². The van der Waals surface area contributed by atoms with Gasteiger partial charge in [0.15, 0.2) is 5.13 Å². The molecule has 0 bridgehead atoms. The summed E-state index contributed by atoms with van der Waals surface area (Å²) in [7, 11) is 1.96. The number of carbonyl (C=O) groups is 1. The summed E-state index contributed by atoms with van der Waals surface area (Å²) < 4.78 is 0. The number of hydrogen-bond acceptors (Lipinski definition) is 4. The third kappa shape index (κ3) is 3.88. The van der Waals surface area contributed by atoms with Crippen LogP contribution in [-0.2, 0) is 0 Å². The van der Waals surface area contributed by atoms with E-state index in [-0.39, 0.29) is 5.91 Å². The molecule has 3 rings (SSSR count). The molecular formula is C20H21N3OS. The zero-order valence-corrected chi connectivity index (χ0v) is 15.6. The Kier molecular flexibility index (Phi) is 4.86. The van der Waals surface area contributed by atoms with Gasteiger partial charge < -0.3 is 10.2 Å². The van der Waals surface area contributed by atoms with E-state index in [4.69, 9.17) is 0 Å². The van der Waals surface area contributed by atoms with Gasteiger partial charge in [-0.1, -0.05) is 35.6 Å². The van der Waals surface area contributed by atoms with Crippen LogP contribution in [0.3, 0.4) is 0 Å². The lowest BCUT2D eigenvalue weighted by molar-refractivity contribution is 0.103. The van der Waals surface area contributed by atoms with E-state index in [0.29, 0.717) is 4.88 Å². The van der Waals surface area contributed by atoms with Gasteiger partial charge in [0.2, 0.25) is 0 Å². The first kappa shape index (κ1) is 17.2. The van der Waals surface area contributed by atoms with Crippen LogP contribution in [0.5, 0.6) is 0 Å². The smallest absolute Gasteiger partial charge is 0.267 e. The average molecular weight is 351 g/mol. The Hall–Kier alpha value is -2.66. The third-order valence-electron chi connectivity index (χ3n) is 3.90. The van der Waals surface area contributed by atoms with Crippen molar-refractivity contribution in [2.75, 3.05) is 17.3 Å². The van der Waals surface area contributed by atoms with Gasteiger partial charge in [-0.2, -0.15) is 0 Å². The number of rotatable bonds is 4. The van der Waals surface area contributed by atoms with Crippen LogP contribution < -0.4 is 10.2 Å². The van der Waals surface area contributed by atoms with Crippen LogP contribution in [-0.4, -0.2) is 17.9 Å². The van der Waals surface area contributed by atoms with Crippen molar-refractivity contribution in [1.82, 2.24) is 4.98 Å². The SMILES string of the molecule is Cc1cc(C)cc(NC(=O)c2sc(N(C)c3ccccc3)nc2C)c1. The van der Waals surface area contributed by atoms with Crippen molar-refractivity contribution >= 4 is 33.8 Å². The Morgan fingerprint density at radius 1 is 1.04 bits per heavy atom. The lowest BCUT2D eigenvalue weighted by Crippen LogP contribution is -2.11. The second-order valence-corrected chi connectivity index (χ2v) is 7.11. The minimum absolute atomic E-state index is 0.118. The molecule has 2 aromatic carbocycles. The third-order valence-corrected chi connectivity index (χ3v) is 5.13. The highest BCUT2D eigenvalue weighted by Crippen LogP contribution is 2.30. The number of para-hydroxylation sites is 1. The average Bonchev–Trinajstić information content (AvgIpc) is 2.96. The van der Waals surface area contributed by atoms with E-state index in [9.17, 15) is 4.79 Å². The number of nitrogens with zero attached hydrogens (tertiary/aromatic N) is 2. The number of carbonyl (C=O) groups excluding carboxylic acids is 1. The second kappa shape index (κ2) is 7.07. The molecule has 4 nitrogen and oxygen atoms in total. The van der Waals surface area contributed by atoms with Gasteiger partial charge in [-0.3, -0.25) is 4.79 Å². The minimum atomic E-state index is -0.118. The molecule has 0 radical (unpaired) electrons. The maximum Gasteiger partial charge on any atom is 0.267 e. The molecule has 0 spiro atoms. The molecule has 0 unspecified atom stereocenters. The van der Waals surface area contributed by atoms with E-state index in [2.05, 4.69) is 16.4 Å². The molecule has 0 aliphatic rings. The van der Waals surface area contributed by atoms with Gasteiger partial charge in [0, 0.05) is 18.4 Å². The maximum absolute atomic E-state index is 12.7.